The van der Waals surface area contributed by atoms with Gasteiger partial charge in [0.15, 0.2) is 5.78 Å². The molecule has 0 aliphatic heterocycles. The van der Waals surface area contributed by atoms with E-state index in [1.807, 2.05) is 32.0 Å². The second kappa shape index (κ2) is 18.6. The molecule has 30 heavy (non-hydrogen) atoms. The third-order valence-corrected chi connectivity index (χ3v) is 4.52. The molecule has 4 heteroatoms. The van der Waals surface area contributed by atoms with Gasteiger partial charge in [0.05, 0.1) is 0 Å². The Morgan fingerprint density at radius 3 is 2.17 bits per heavy atom. The van der Waals surface area contributed by atoms with Gasteiger partial charge in [0.25, 0.3) is 6.47 Å². The quantitative estimate of drug-likeness (QED) is 0.243. The number of carbonyl (C=O) groups excluding carboxylic acids is 1. The first-order valence-corrected chi connectivity index (χ1v) is 11.2. The number of hydrogen-bond donors (Lipinski definition) is 2. The zero-order chi connectivity index (χ0) is 22.6. The SMILES string of the molecule is CC.CCCCCC(=O)c1cccc(-c2ccc(CNCCCC)cc2)c1.O=CO. The fraction of sp³-hybridized carbons (Fsp3) is 0.462. The average Bonchev–Trinajstić information content (AvgIpc) is 2.79. The summed E-state index contributed by atoms with van der Waals surface area (Å²) in [6.45, 7) is 10.1. The highest BCUT2D eigenvalue weighted by Crippen LogP contribution is 2.22. The number of ketones is 1. The van der Waals surface area contributed by atoms with Crippen molar-refractivity contribution in [3.63, 3.8) is 0 Å². The topological polar surface area (TPSA) is 66.4 Å². The molecule has 166 valence electrons. The fourth-order valence-corrected chi connectivity index (χ4v) is 2.90. The van der Waals surface area contributed by atoms with E-state index in [2.05, 4.69) is 49.5 Å². The molecule has 0 atom stereocenters. The Balaban J connectivity index is 0.00000154. The molecular formula is C26H39NO3. The molecule has 0 saturated heterocycles. The van der Waals surface area contributed by atoms with Crippen LogP contribution in [0.5, 0.6) is 0 Å². The molecule has 4 nitrogen and oxygen atoms in total. The first-order valence-electron chi connectivity index (χ1n) is 11.2. The van der Waals surface area contributed by atoms with Crippen molar-refractivity contribution in [1.82, 2.24) is 5.32 Å². The van der Waals surface area contributed by atoms with Crippen LogP contribution in [-0.2, 0) is 11.3 Å². The zero-order valence-electron chi connectivity index (χ0n) is 19.1. The van der Waals surface area contributed by atoms with Crippen LogP contribution >= 0.6 is 0 Å². The monoisotopic (exact) mass is 413 g/mol. The maximum Gasteiger partial charge on any atom is 0.290 e. The van der Waals surface area contributed by atoms with E-state index in [1.54, 1.807) is 0 Å². The molecule has 0 aliphatic rings. The van der Waals surface area contributed by atoms with E-state index in [4.69, 9.17) is 9.90 Å². The van der Waals surface area contributed by atoms with Crippen LogP contribution in [0.3, 0.4) is 0 Å². The highest BCUT2D eigenvalue weighted by atomic mass is 16.3. The molecule has 2 N–H and O–H groups in total. The molecule has 0 aromatic heterocycles. The highest BCUT2D eigenvalue weighted by molar-refractivity contribution is 5.97. The van der Waals surface area contributed by atoms with Gasteiger partial charge >= 0.3 is 0 Å². The molecule has 2 rings (SSSR count). The molecule has 0 saturated carbocycles. The van der Waals surface area contributed by atoms with Crippen LogP contribution < -0.4 is 5.32 Å². The summed E-state index contributed by atoms with van der Waals surface area (Å²) in [5.41, 5.74) is 4.41. The molecule has 0 spiro atoms. The van der Waals surface area contributed by atoms with Crippen LogP contribution in [0.2, 0.25) is 0 Å². The van der Waals surface area contributed by atoms with Gasteiger partial charge in [-0.15, -0.1) is 0 Å². The van der Waals surface area contributed by atoms with Crippen molar-refractivity contribution >= 4 is 12.3 Å². The molecule has 0 fully saturated rings. The molecule has 0 aliphatic carbocycles. The van der Waals surface area contributed by atoms with Crippen LogP contribution in [0.25, 0.3) is 11.1 Å². The lowest BCUT2D eigenvalue weighted by molar-refractivity contribution is -0.122. The Labute approximate surface area is 182 Å². The van der Waals surface area contributed by atoms with Gasteiger partial charge in [0, 0.05) is 18.5 Å². The first kappa shape index (κ1) is 27.5. The number of carbonyl (C=O) groups is 2. The van der Waals surface area contributed by atoms with E-state index >= 15 is 0 Å². The molecule has 0 unspecified atom stereocenters. The maximum atomic E-state index is 12.3. The lowest BCUT2D eigenvalue weighted by Gasteiger charge is -2.08. The lowest BCUT2D eigenvalue weighted by atomic mass is 9.98. The summed E-state index contributed by atoms with van der Waals surface area (Å²) in [6, 6.07) is 16.7. The smallest absolute Gasteiger partial charge is 0.290 e. The van der Waals surface area contributed by atoms with Gasteiger partial charge in [0.1, 0.15) is 0 Å². The number of Topliss-reactive ketones (excluding diaryl/α,β-unsaturated/α-hetero) is 1. The van der Waals surface area contributed by atoms with Gasteiger partial charge < -0.3 is 10.4 Å². The van der Waals surface area contributed by atoms with Crippen LogP contribution in [0.1, 0.15) is 82.1 Å². The van der Waals surface area contributed by atoms with Crippen molar-refractivity contribution < 1.29 is 14.7 Å². The van der Waals surface area contributed by atoms with E-state index in [0.29, 0.717) is 6.42 Å². The second-order valence-corrected chi connectivity index (χ2v) is 6.79. The van der Waals surface area contributed by atoms with Crippen LogP contribution in [-0.4, -0.2) is 23.9 Å². The number of nitrogens with one attached hydrogen (secondary N) is 1. The molecule has 0 radical (unpaired) electrons. The number of benzene rings is 2. The van der Waals surface area contributed by atoms with E-state index in [1.165, 1.54) is 24.0 Å². The first-order chi connectivity index (χ1) is 14.7. The van der Waals surface area contributed by atoms with Gasteiger partial charge in [-0.1, -0.05) is 89.4 Å². The fourth-order valence-electron chi connectivity index (χ4n) is 2.90. The largest absolute Gasteiger partial charge is 0.483 e. The zero-order valence-corrected chi connectivity index (χ0v) is 19.1. The summed E-state index contributed by atoms with van der Waals surface area (Å²) in [4.78, 5) is 20.7. The van der Waals surface area contributed by atoms with Gasteiger partial charge in [0.2, 0.25) is 0 Å². The van der Waals surface area contributed by atoms with Crippen molar-refractivity contribution in [3.8, 4) is 11.1 Å². The Kier molecular flexibility index (Phi) is 17.0. The standard InChI is InChI=1S/C23H31NO.C2H6.CH2O2/c1-3-5-7-11-23(25)22-10-8-9-21(17-22)20-14-12-19(13-15-20)18-24-16-6-4-2;1-2;2-1-3/h8-10,12-15,17,24H,3-7,11,16,18H2,1-2H3;1-2H3;1H,(H,2,3). The Bertz CT molecular complexity index is 696. The van der Waals surface area contributed by atoms with Crippen molar-refractivity contribution in [2.24, 2.45) is 0 Å². The van der Waals surface area contributed by atoms with Gasteiger partial charge in [-0.25, -0.2) is 0 Å². The Hall–Kier alpha value is -2.46. The normalized spacial score (nSPS) is 9.60. The summed E-state index contributed by atoms with van der Waals surface area (Å²) in [5.74, 6) is 0.257. The Morgan fingerprint density at radius 1 is 0.933 bits per heavy atom. The van der Waals surface area contributed by atoms with Gasteiger partial charge in [-0.05, 0) is 42.1 Å². The van der Waals surface area contributed by atoms with Crippen LogP contribution in [0.15, 0.2) is 48.5 Å². The molecule has 0 amide bonds. The van der Waals surface area contributed by atoms with Crippen LogP contribution in [0.4, 0.5) is 0 Å². The van der Waals surface area contributed by atoms with E-state index < -0.39 is 0 Å². The Morgan fingerprint density at radius 2 is 1.57 bits per heavy atom. The van der Waals surface area contributed by atoms with Gasteiger partial charge in [-0.2, -0.15) is 0 Å². The van der Waals surface area contributed by atoms with E-state index in [9.17, 15) is 4.79 Å². The third-order valence-electron chi connectivity index (χ3n) is 4.52. The van der Waals surface area contributed by atoms with Crippen molar-refractivity contribution in [2.75, 3.05) is 6.54 Å². The summed E-state index contributed by atoms with van der Waals surface area (Å²) < 4.78 is 0. The minimum absolute atomic E-state index is 0.250. The molecular weight excluding hydrogens is 374 g/mol. The summed E-state index contributed by atoms with van der Waals surface area (Å²) in [7, 11) is 0. The van der Waals surface area contributed by atoms with Crippen molar-refractivity contribution in [2.45, 2.75) is 72.8 Å². The highest BCUT2D eigenvalue weighted by Gasteiger charge is 2.07. The van der Waals surface area contributed by atoms with Crippen molar-refractivity contribution in [1.29, 1.82) is 0 Å². The minimum Gasteiger partial charge on any atom is -0.483 e. The lowest BCUT2D eigenvalue weighted by Crippen LogP contribution is -2.14. The summed E-state index contributed by atoms with van der Waals surface area (Å²) in [5, 5.41) is 10.4. The van der Waals surface area contributed by atoms with Crippen LogP contribution in [0, 0.1) is 0 Å². The molecule has 0 bridgehead atoms. The van der Waals surface area contributed by atoms with Crippen molar-refractivity contribution in [3.05, 3.63) is 59.7 Å². The predicted molar refractivity (Wildman–Crippen MR) is 127 cm³/mol. The number of hydrogen-bond acceptors (Lipinski definition) is 3. The molecule has 0 heterocycles. The summed E-state index contributed by atoms with van der Waals surface area (Å²) >= 11 is 0. The van der Waals surface area contributed by atoms with Gasteiger partial charge in [-0.3, -0.25) is 9.59 Å². The minimum atomic E-state index is -0.250. The second-order valence-electron chi connectivity index (χ2n) is 6.79. The summed E-state index contributed by atoms with van der Waals surface area (Å²) in [6.07, 6.45) is 6.35. The predicted octanol–water partition coefficient (Wildman–Crippen LogP) is 6.73. The number of rotatable bonds is 11. The third kappa shape index (κ3) is 11.5. The number of unbranched alkanes of at least 4 members (excludes halogenated alkanes) is 3. The number of carboxylic acid groups (broad SMARTS) is 1. The van der Waals surface area contributed by atoms with E-state index in [-0.39, 0.29) is 12.3 Å². The molecule has 2 aromatic carbocycles. The average molecular weight is 414 g/mol. The van der Waals surface area contributed by atoms with E-state index in [0.717, 1.165) is 43.5 Å². The molecule has 2 aromatic rings. The maximum absolute atomic E-state index is 12.3.